The van der Waals surface area contributed by atoms with Crippen molar-refractivity contribution >= 4 is 17.6 Å². The summed E-state index contributed by atoms with van der Waals surface area (Å²) in [6.07, 6.45) is 1.43. The van der Waals surface area contributed by atoms with E-state index in [1.54, 1.807) is 24.3 Å². The first kappa shape index (κ1) is 13.5. The molecule has 5 heteroatoms. The quantitative estimate of drug-likeness (QED) is 0.934. The lowest BCUT2D eigenvalue weighted by atomic mass is 9.95. The fourth-order valence-electron chi connectivity index (χ4n) is 1.83. The van der Waals surface area contributed by atoms with Crippen molar-refractivity contribution in [1.82, 2.24) is 4.98 Å². The van der Waals surface area contributed by atoms with Gasteiger partial charge in [0.15, 0.2) is 0 Å². The van der Waals surface area contributed by atoms with Gasteiger partial charge in [-0.3, -0.25) is 9.78 Å². The average Bonchev–Trinajstić information content (AvgIpc) is 2.38. The van der Waals surface area contributed by atoms with E-state index in [1.165, 1.54) is 6.20 Å². The molecular weight excluding hydrogens is 269 g/mol. The largest absolute Gasteiger partial charge is 0.481 e. The summed E-state index contributed by atoms with van der Waals surface area (Å²) >= 11 is 5.61. The number of hydrogen-bond acceptors (Lipinski definition) is 2. The molecule has 0 aliphatic heterocycles. The first-order valence-electron chi connectivity index (χ1n) is 5.65. The van der Waals surface area contributed by atoms with E-state index in [-0.39, 0.29) is 17.1 Å². The number of carbonyl (C=O) groups is 1. The highest BCUT2D eigenvalue weighted by Gasteiger charge is 2.25. The SMILES string of the molecule is O=C(O)C(Cc1ccccc1)c1ncc(Cl)cc1F. The van der Waals surface area contributed by atoms with E-state index in [1.807, 2.05) is 6.07 Å². The third kappa shape index (κ3) is 3.29. The minimum atomic E-state index is -1.11. The van der Waals surface area contributed by atoms with Crippen LogP contribution >= 0.6 is 11.6 Å². The van der Waals surface area contributed by atoms with Gasteiger partial charge in [-0.2, -0.15) is 0 Å². The first-order valence-corrected chi connectivity index (χ1v) is 6.03. The van der Waals surface area contributed by atoms with E-state index in [9.17, 15) is 14.3 Å². The Hall–Kier alpha value is -1.94. The molecule has 0 aliphatic rings. The normalized spacial score (nSPS) is 12.1. The second-order valence-electron chi connectivity index (χ2n) is 4.10. The van der Waals surface area contributed by atoms with Gasteiger partial charge in [0.05, 0.1) is 10.7 Å². The number of carboxylic acid groups (broad SMARTS) is 1. The number of nitrogens with zero attached hydrogens (tertiary/aromatic N) is 1. The Morgan fingerprint density at radius 3 is 2.63 bits per heavy atom. The van der Waals surface area contributed by atoms with Gasteiger partial charge in [0.2, 0.25) is 0 Å². The molecule has 1 N–H and O–H groups in total. The van der Waals surface area contributed by atoms with Crippen molar-refractivity contribution in [2.75, 3.05) is 0 Å². The van der Waals surface area contributed by atoms with E-state index in [4.69, 9.17) is 11.6 Å². The smallest absolute Gasteiger partial charge is 0.313 e. The van der Waals surface area contributed by atoms with Crippen molar-refractivity contribution in [3.8, 4) is 0 Å². The molecule has 1 heterocycles. The lowest BCUT2D eigenvalue weighted by molar-refractivity contribution is -0.138. The molecule has 0 bridgehead atoms. The average molecular weight is 280 g/mol. The van der Waals surface area contributed by atoms with E-state index >= 15 is 0 Å². The number of aromatic nitrogens is 1. The Morgan fingerprint density at radius 2 is 2.05 bits per heavy atom. The summed E-state index contributed by atoms with van der Waals surface area (Å²) in [7, 11) is 0. The molecule has 1 aromatic heterocycles. The Kier molecular flexibility index (Phi) is 4.12. The summed E-state index contributed by atoms with van der Waals surface area (Å²) < 4.78 is 13.8. The van der Waals surface area contributed by atoms with Crippen LogP contribution in [0.5, 0.6) is 0 Å². The summed E-state index contributed by atoms with van der Waals surface area (Å²) in [5, 5.41) is 9.39. The third-order valence-electron chi connectivity index (χ3n) is 2.75. The molecule has 98 valence electrons. The van der Waals surface area contributed by atoms with E-state index in [0.717, 1.165) is 11.6 Å². The summed E-state index contributed by atoms with van der Waals surface area (Å²) in [6, 6.07) is 10.1. The van der Waals surface area contributed by atoms with Crippen molar-refractivity contribution in [3.05, 3.63) is 64.7 Å². The zero-order valence-electron chi connectivity index (χ0n) is 9.88. The Bertz CT molecular complexity index is 589. The minimum Gasteiger partial charge on any atom is -0.481 e. The number of halogens is 2. The molecule has 0 radical (unpaired) electrons. The predicted molar refractivity (Wildman–Crippen MR) is 69.7 cm³/mol. The lowest BCUT2D eigenvalue weighted by Crippen LogP contribution is -2.17. The van der Waals surface area contributed by atoms with Crippen LogP contribution in [0.15, 0.2) is 42.6 Å². The maximum atomic E-state index is 13.8. The Labute approximate surface area is 114 Å². The topological polar surface area (TPSA) is 50.2 Å². The van der Waals surface area contributed by atoms with E-state index < -0.39 is 17.7 Å². The second kappa shape index (κ2) is 5.80. The van der Waals surface area contributed by atoms with Gasteiger partial charge in [-0.25, -0.2) is 4.39 Å². The van der Waals surface area contributed by atoms with Crippen molar-refractivity contribution in [1.29, 1.82) is 0 Å². The summed E-state index contributed by atoms with van der Waals surface area (Å²) in [5.41, 5.74) is 0.715. The minimum absolute atomic E-state index is 0.0965. The molecule has 0 saturated carbocycles. The molecule has 0 amide bonds. The van der Waals surface area contributed by atoms with Crippen LogP contribution in [-0.4, -0.2) is 16.1 Å². The summed E-state index contributed by atoms with van der Waals surface area (Å²) in [4.78, 5) is 15.1. The number of benzene rings is 1. The third-order valence-corrected chi connectivity index (χ3v) is 2.95. The second-order valence-corrected chi connectivity index (χ2v) is 4.54. The van der Waals surface area contributed by atoms with Crippen molar-refractivity contribution in [3.63, 3.8) is 0 Å². The highest BCUT2D eigenvalue weighted by Crippen LogP contribution is 2.23. The predicted octanol–water partition coefficient (Wildman–Crippen LogP) is 3.29. The van der Waals surface area contributed by atoms with Crippen LogP contribution in [0.1, 0.15) is 17.2 Å². The van der Waals surface area contributed by atoms with Gasteiger partial charge in [-0.05, 0) is 18.1 Å². The number of rotatable bonds is 4. The molecule has 0 saturated heterocycles. The van der Waals surface area contributed by atoms with Gasteiger partial charge in [-0.1, -0.05) is 41.9 Å². The molecule has 1 atom stereocenters. The van der Waals surface area contributed by atoms with Crippen molar-refractivity contribution < 1.29 is 14.3 Å². The number of hydrogen-bond donors (Lipinski definition) is 1. The fraction of sp³-hybridized carbons (Fsp3) is 0.143. The number of aliphatic carboxylic acids is 1. The maximum Gasteiger partial charge on any atom is 0.313 e. The zero-order chi connectivity index (χ0) is 13.8. The molecule has 0 spiro atoms. The van der Waals surface area contributed by atoms with E-state index in [0.29, 0.717) is 0 Å². The van der Waals surface area contributed by atoms with Gasteiger partial charge in [0, 0.05) is 6.20 Å². The summed E-state index contributed by atoms with van der Waals surface area (Å²) in [6.45, 7) is 0. The van der Waals surface area contributed by atoms with Gasteiger partial charge in [0.25, 0.3) is 0 Å². The van der Waals surface area contributed by atoms with Gasteiger partial charge >= 0.3 is 5.97 Å². The summed E-state index contributed by atoms with van der Waals surface area (Å²) in [5.74, 6) is -2.84. The highest BCUT2D eigenvalue weighted by molar-refractivity contribution is 6.30. The zero-order valence-corrected chi connectivity index (χ0v) is 10.6. The molecule has 0 fully saturated rings. The Morgan fingerprint density at radius 1 is 1.37 bits per heavy atom. The molecule has 1 unspecified atom stereocenters. The van der Waals surface area contributed by atoms with Gasteiger partial charge in [0.1, 0.15) is 11.7 Å². The van der Waals surface area contributed by atoms with Gasteiger partial charge < -0.3 is 5.11 Å². The Balaban J connectivity index is 2.33. The highest BCUT2D eigenvalue weighted by atomic mass is 35.5. The van der Waals surface area contributed by atoms with Crippen molar-refractivity contribution in [2.24, 2.45) is 0 Å². The van der Waals surface area contributed by atoms with Crippen LogP contribution in [0.4, 0.5) is 4.39 Å². The first-order chi connectivity index (χ1) is 9.08. The standard InChI is InChI=1S/C14H11ClFNO2/c15-10-7-12(16)13(17-8-10)11(14(18)19)6-9-4-2-1-3-5-9/h1-5,7-8,11H,6H2,(H,18,19). The van der Waals surface area contributed by atoms with Crippen LogP contribution < -0.4 is 0 Å². The molecule has 2 rings (SSSR count). The van der Waals surface area contributed by atoms with Gasteiger partial charge in [-0.15, -0.1) is 0 Å². The molecule has 3 nitrogen and oxygen atoms in total. The number of carboxylic acids is 1. The molecule has 19 heavy (non-hydrogen) atoms. The maximum absolute atomic E-state index is 13.8. The fourth-order valence-corrected chi connectivity index (χ4v) is 1.98. The van der Waals surface area contributed by atoms with Crippen LogP contribution in [0.3, 0.4) is 0 Å². The van der Waals surface area contributed by atoms with Crippen LogP contribution in [-0.2, 0) is 11.2 Å². The van der Waals surface area contributed by atoms with Crippen LogP contribution in [0.2, 0.25) is 5.02 Å². The number of pyridine rings is 1. The van der Waals surface area contributed by atoms with E-state index in [2.05, 4.69) is 4.98 Å². The monoisotopic (exact) mass is 279 g/mol. The van der Waals surface area contributed by atoms with Crippen LogP contribution in [0, 0.1) is 5.82 Å². The molecule has 0 aliphatic carbocycles. The van der Waals surface area contributed by atoms with Crippen LogP contribution in [0.25, 0.3) is 0 Å². The van der Waals surface area contributed by atoms with Crippen molar-refractivity contribution in [2.45, 2.75) is 12.3 Å². The molecule has 1 aromatic carbocycles. The molecule has 2 aromatic rings. The lowest BCUT2D eigenvalue weighted by Gasteiger charge is -2.12. The molecular formula is C14H11ClFNO2.